The maximum Gasteiger partial charge on any atom is 0.225 e. The first-order valence-corrected chi connectivity index (χ1v) is 7.24. The molecule has 0 amide bonds. The van der Waals surface area contributed by atoms with Crippen molar-refractivity contribution in [2.75, 3.05) is 6.61 Å². The largest absolute Gasteiger partial charge is 0.396 e. The van der Waals surface area contributed by atoms with E-state index in [-0.39, 0.29) is 6.61 Å². The lowest BCUT2D eigenvalue weighted by atomic mass is 10.1. The van der Waals surface area contributed by atoms with Gasteiger partial charge in [0.25, 0.3) is 0 Å². The number of nitrogens with zero attached hydrogens (tertiary/aromatic N) is 1. The maximum atomic E-state index is 8.92. The van der Waals surface area contributed by atoms with Crippen LogP contribution in [0.2, 0.25) is 0 Å². The zero-order valence-electron chi connectivity index (χ0n) is 10.5. The third-order valence-electron chi connectivity index (χ3n) is 3.00. The molecule has 0 aliphatic carbocycles. The predicted octanol–water partition coefficient (Wildman–Crippen LogP) is 2.85. The highest BCUT2D eigenvalue weighted by Crippen LogP contribution is 2.12. The molecule has 0 saturated carbocycles. The lowest BCUT2D eigenvalue weighted by Crippen LogP contribution is -2.34. The molecule has 16 heavy (non-hydrogen) atoms. The van der Waals surface area contributed by atoms with Gasteiger partial charge in [0.1, 0.15) is 6.54 Å². The zero-order valence-corrected chi connectivity index (χ0v) is 11.4. The molecule has 0 aliphatic rings. The summed E-state index contributed by atoms with van der Waals surface area (Å²) in [5, 5.41) is 8.92. The minimum Gasteiger partial charge on any atom is -0.396 e. The lowest BCUT2D eigenvalue weighted by Gasteiger charge is -1.98. The Morgan fingerprint density at radius 2 is 2.00 bits per heavy atom. The van der Waals surface area contributed by atoms with Crippen LogP contribution in [0.4, 0.5) is 0 Å². The summed E-state index contributed by atoms with van der Waals surface area (Å²) in [7, 11) is 0. The van der Waals surface area contributed by atoms with Crippen molar-refractivity contribution in [3.05, 3.63) is 16.1 Å². The second-order valence-electron chi connectivity index (χ2n) is 4.31. The molecule has 3 heteroatoms. The first-order chi connectivity index (χ1) is 7.79. The van der Waals surface area contributed by atoms with E-state index in [9.17, 15) is 0 Å². The number of aliphatic hydroxyl groups excluding tert-OH is 1. The molecule has 0 radical (unpaired) electrons. The Kier molecular flexibility index (Phi) is 6.65. The number of thiazole rings is 1. The molecule has 92 valence electrons. The molecule has 0 aliphatic heterocycles. The molecule has 1 N–H and O–H groups in total. The average molecular weight is 242 g/mol. The van der Waals surface area contributed by atoms with E-state index >= 15 is 0 Å². The third-order valence-corrected chi connectivity index (χ3v) is 4.14. The highest BCUT2D eigenvalue weighted by atomic mass is 32.1. The Morgan fingerprint density at radius 1 is 1.25 bits per heavy atom. The van der Waals surface area contributed by atoms with Crippen molar-refractivity contribution in [1.82, 2.24) is 0 Å². The van der Waals surface area contributed by atoms with Crippen molar-refractivity contribution in [1.29, 1.82) is 0 Å². The first-order valence-electron chi connectivity index (χ1n) is 6.36. The molecular weight excluding hydrogens is 218 g/mol. The molecule has 0 aromatic carbocycles. The molecule has 0 saturated heterocycles. The summed E-state index contributed by atoms with van der Waals surface area (Å²) in [6.07, 6.45) is 7.46. The van der Waals surface area contributed by atoms with Crippen molar-refractivity contribution in [3.8, 4) is 0 Å². The van der Waals surface area contributed by atoms with Gasteiger partial charge in [0.2, 0.25) is 5.51 Å². The average Bonchev–Trinajstić information content (AvgIpc) is 2.62. The van der Waals surface area contributed by atoms with Crippen molar-refractivity contribution in [2.24, 2.45) is 0 Å². The standard InChI is InChI=1S/C13H24NOS/c1-3-4-5-6-7-9-14-11-16-13(8-10-15)12(14)2/h11,15H,3-10H2,1-2H3/q+1. The van der Waals surface area contributed by atoms with Gasteiger partial charge >= 0.3 is 0 Å². The van der Waals surface area contributed by atoms with Gasteiger partial charge in [-0.15, -0.1) is 0 Å². The summed E-state index contributed by atoms with van der Waals surface area (Å²) >= 11 is 1.77. The van der Waals surface area contributed by atoms with Crippen molar-refractivity contribution in [3.63, 3.8) is 0 Å². The van der Waals surface area contributed by atoms with Crippen LogP contribution in [0.1, 0.15) is 49.6 Å². The second-order valence-corrected chi connectivity index (χ2v) is 5.25. The van der Waals surface area contributed by atoms with E-state index in [1.165, 1.54) is 42.7 Å². The number of hydrogen-bond acceptors (Lipinski definition) is 2. The number of unbranched alkanes of at least 4 members (excludes halogenated alkanes) is 4. The monoisotopic (exact) mass is 242 g/mol. The van der Waals surface area contributed by atoms with E-state index in [1.807, 2.05) is 0 Å². The van der Waals surface area contributed by atoms with Gasteiger partial charge in [0, 0.05) is 26.4 Å². The van der Waals surface area contributed by atoms with E-state index in [0.717, 1.165) is 13.0 Å². The summed E-state index contributed by atoms with van der Waals surface area (Å²) in [6.45, 7) is 5.81. The van der Waals surface area contributed by atoms with E-state index < -0.39 is 0 Å². The van der Waals surface area contributed by atoms with E-state index in [1.54, 1.807) is 11.3 Å². The SMILES string of the molecule is CCCCCCC[n+]1csc(CCO)c1C. The fourth-order valence-corrected chi connectivity index (χ4v) is 2.91. The van der Waals surface area contributed by atoms with Gasteiger partial charge < -0.3 is 5.11 Å². The summed E-state index contributed by atoms with van der Waals surface area (Å²) in [4.78, 5) is 1.33. The Balaban J connectivity index is 2.31. The van der Waals surface area contributed by atoms with Gasteiger partial charge in [0.15, 0.2) is 5.69 Å². The number of rotatable bonds is 8. The van der Waals surface area contributed by atoms with Gasteiger partial charge in [-0.2, -0.15) is 4.57 Å². The van der Waals surface area contributed by atoms with Crippen molar-refractivity contribution in [2.45, 2.75) is 58.9 Å². The van der Waals surface area contributed by atoms with Gasteiger partial charge in [0.05, 0.1) is 4.88 Å². The van der Waals surface area contributed by atoms with E-state index in [0.29, 0.717) is 0 Å². The van der Waals surface area contributed by atoms with Crippen LogP contribution in [0.5, 0.6) is 0 Å². The smallest absolute Gasteiger partial charge is 0.225 e. The van der Waals surface area contributed by atoms with Crippen molar-refractivity contribution < 1.29 is 9.67 Å². The molecule has 0 atom stereocenters. The van der Waals surface area contributed by atoms with Gasteiger partial charge in [-0.05, 0) is 6.42 Å². The molecule has 1 heterocycles. The van der Waals surface area contributed by atoms with Gasteiger partial charge in [-0.3, -0.25) is 0 Å². The molecule has 2 nitrogen and oxygen atoms in total. The summed E-state index contributed by atoms with van der Waals surface area (Å²) in [6, 6.07) is 0. The third kappa shape index (κ3) is 4.22. The van der Waals surface area contributed by atoms with Crippen LogP contribution in [0, 0.1) is 6.92 Å². The maximum absolute atomic E-state index is 8.92. The molecule has 0 bridgehead atoms. The molecular formula is C13H24NOS+. The number of aromatic nitrogens is 1. The van der Waals surface area contributed by atoms with Crippen LogP contribution >= 0.6 is 11.3 Å². The summed E-state index contributed by atoms with van der Waals surface area (Å²) < 4.78 is 2.33. The zero-order chi connectivity index (χ0) is 11.8. The molecule has 0 fully saturated rings. The Labute approximate surface area is 103 Å². The summed E-state index contributed by atoms with van der Waals surface area (Å²) in [5.41, 5.74) is 3.54. The van der Waals surface area contributed by atoms with Crippen LogP contribution in [0.25, 0.3) is 0 Å². The lowest BCUT2D eigenvalue weighted by molar-refractivity contribution is -0.698. The van der Waals surface area contributed by atoms with Crippen molar-refractivity contribution >= 4 is 11.3 Å². The van der Waals surface area contributed by atoms with Crippen LogP contribution in [0.15, 0.2) is 5.51 Å². The highest BCUT2D eigenvalue weighted by molar-refractivity contribution is 7.09. The second kappa shape index (κ2) is 7.80. The van der Waals surface area contributed by atoms with Crippen LogP contribution in [0.3, 0.4) is 0 Å². The quantitative estimate of drug-likeness (QED) is 0.550. The fraction of sp³-hybridized carbons (Fsp3) is 0.769. The molecule has 0 unspecified atom stereocenters. The van der Waals surface area contributed by atoms with Crippen LogP contribution in [-0.2, 0) is 13.0 Å². The topological polar surface area (TPSA) is 24.1 Å². The van der Waals surface area contributed by atoms with E-state index in [2.05, 4.69) is 23.9 Å². The Hall–Kier alpha value is -0.410. The Morgan fingerprint density at radius 3 is 2.69 bits per heavy atom. The summed E-state index contributed by atoms with van der Waals surface area (Å²) in [5.74, 6) is 0. The highest BCUT2D eigenvalue weighted by Gasteiger charge is 2.13. The number of aryl methyl sites for hydroxylation is 1. The van der Waals surface area contributed by atoms with E-state index in [4.69, 9.17) is 5.11 Å². The van der Waals surface area contributed by atoms with Gasteiger partial charge in [-0.1, -0.05) is 37.5 Å². The first kappa shape index (κ1) is 13.7. The minimum atomic E-state index is 0.262. The predicted molar refractivity (Wildman–Crippen MR) is 68.8 cm³/mol. The van der Waals surface area contributed by atoms with Gasteiger partial charge in [-0.25, -0.2) is 0 Å². The molecule has 1 rings (SSSR count). The fourth-order valence-electron chi connectivity index (χ4n) is 1.90. The Bertz CT molecular complexity index is 296. The normalized spacial score (nSPS) is 10.9. The van der Waals surface area contributed by atoms with Crippen LogP contribution < -0.4 is 4.57 Å². The number of hydrogen-bond donors (Lipinski definition) is 1. The molecule has 0 spiro atoms. The minimum absolute atomic E-state index is 0.262. The molecule has 1 aromatic heterocycles. The number of aliphatic hydroxyl groups is 1. The van der Waals surface area contributed by atoms with Crippen LogP contribution in [-0.4, -0.2) is 11.7 Å². The molecule has 1 aromatic rings.